The van der Waals surface area contributed by atoms with Gasteiger partial charge in [0.25, 0.3) is 0 Å². The lowest BCUT2D eigenvalue weighted by Crippen LogP contribution is -2.15. The lowest BCUT2D eigenvalue weighted by atomic mass is 9.98. The summed E-state index contributed by atoms with van der Waals surface area (Å²) in [4.78, 5) is 15.5. The number of nitrogens with one attached hydrogen (secondary N) is 1. The number of hydrogen-bond acceptors (Lipinski definition) is 5. The van der Waals surface area contributed by atoms with Crippen LogP contribution in [0, 0.1) is 0 Å². The van der Waals surface area contributed by atoms with E-state index in [1.54, 1.807) is 7.05 Å². The molecule has 0 aliphatic carbocycles. The normalized spacial score (nSPS) is 11.8. The van der Waals surface area contributed by atoms with Crippen molar-refractivity contribution in [3.05, 3.63) is 94.8 Å². The number of hydrogen-bond donors (Lipinski definition) is 1. The van der Waals surface area contributed by atoms with Gasteiger partial charge >= 0.3 is 6.18 Å². The molecule has 0 aliphatic heterocycles. The number of pyridine rings is 1. The molecule has 3 aromatic rings. The van der Waals surface area contributed by atoms with Crippen LogP contribution < -0.4 is 10.2 Å². The number of carbonyl (C=O) groups excluding carboxylic acids is 1. The summed E-state index contributed by atoms with van der Waals surface area (Å²) < 4.78 is 45.7. The van der Waals surface area contributed by atoms with Crippen molar-refractivity contribution < 1.29 is 22.7 Å². The molecule has 30 heavy (non-hydrogen) atoms. The summed E-state index contributed by atoms with van der Waals surface area (Å²) in [5, 5.41) is 4.19. The minimum absolute atomic E-state index is 0.0108. The van der Waals surface area contributed by atoms with Gasteiger partial charge in [-0.2, -0.15) is 18.3 Å². The maximum absolute atomic E-state index is 13.3. The second kappa shape index (κ2) is 9.21. The van der Waals surface area contributed by atoms with Gasteiger partial charge < -0.3 is 10.2 Å². The first kappa shape index (κ1) is 21.0. The summed E-state index contributed by atoms with van der Waals surface area (Å²) in [5.74, 6) is -0.0108. The molecule has 0 aliphatic rings. The molecule has 0 saturated carbocycles. The zero-order valence-corrected chi connectivity index (χ0v) is 16.0. The summed E-state index contributed by atoms with van der Waals surface area (Å²) in [6, 6.07) is 13.7. The molecule has 2 aromatic carbocycles. The highest BCUT2D eigenvalue weighted by Crippen LogP contribution is 2.34. The van der Waals surface area contributed by atoms with Crippen molar-refractivity contribution in [3.63, 3.8) is 0 Å². The zero-order chi connectivity index (χ0) is 21.6. The van der Waals surface area contributed by atoms with E-state index < -0.39 is 11.7 Å². The van der Waals surface area contributed by atoms with E-state index in [1.807, 2.05) is 30.3 Å². The van der Waals surface area contributed by atoms with Gasteiger partial charge in [-0.25, -0.2) is 0 Å². The molecular formula is C22H18F3N3O2. The molecule has 0 unspecified atom stereocenters. The minimum atomic E-state index is -4.54. The quantitative estimate of drug-likeness (QED) is 0.353. The van der Waals surface area contributed by atoms with Crippen LogP contribution in [0.25, 0.3) is 0 Å². The van der Waals surface area contributed by atoms with Crippen molar-refractivity contribution in [1.29, 1.82) is 0 Å². The fourth-order valence-corrected chi connectivity index (χ4v) is 2.83. The van der Waals surface area contributed by atoms with E-state index in [4.69, 9.17) is 4.74 Å². The fourth-order valence-electron chi connectivity index (χ4n) is 2.83. The van der Waals surface area contributed by atoms with E-state index in [0.29, 0.717) is 23.0 Å². The summed E-state index contributed by atoms with van der Waals surface area (Å²) in [6.45, 7) is 0.0650. The van der Waals surface area contributed by atoms with E-state index in [9.17, 15) is 18.0 Å². The highest BCUT2D eigenvalue weighted by atomic mass is 19.4. The molecule has 0 radical (unpaired) electrons. The van der Waals surface area contributed by atoms with Crippen LogP contribution >= 0.6 is 0 Å². The summed E-state index contributed by atoms with van der Waals surface area (Å²) in [6.07, 6.45) is -1.02. The number of halogens is 3. The standard InChI is InChI=1S/C22H18F3N3O2/c1-26-28-21(19-12-27-10-9-16(19)13-29)18-8-7-17(22(23,24)25)11-20(18)30-14-15-5-3-2-4-6-15/h2-13,26H,14H2,1H3/b28-21-. The Morgan fingerprint density at radius 2 is 1.90 bits per heavy atom. The van der Waals surface area contributed by atoms with Crippen LogP contribution in [0.3, 0.4) is 0 Å². The number of rotatable bonds is 7. The topological polar surface area (TPSA) is 63.6 Å². The number of aldehydes is 1. The van der Waals surface area contributed by atoms with E-state index in [-0.39, 0.29) is 18.1 Å². The molecule has 0 bridgehead atoms. The van der Waals surface area contributed by atoms with Crippen molar-refractivity contribution in [2.75, 3.05) is 7.05 Å². The second-order valence-electron chi connectivity index (χ2n) is 6.25. The molecule has 8 heteroatoms. The molecule has 0 atom stereocenters. The van der Waals surface area contributed by atoms with Gasteiger partial charge in [0.2, 0.25) is 0 Å². The highest BCUT2D eigenvalue weighted by molar-refractivity contribution is 6.17. The zero-order valence-electron chi connectivity index (χ0n) is 16.0. The number of hydrazone groups is 1. The number of carbonyl (C=O) groups is 1. The van der Waals surface area contributed by atoms with Gasteiger partial charge in [-0.3, -0.25) is 9.78 Å². The molecule has 0 saturated heterocycles. The Morgan fingerprint density at radius 1 is 1.13 bits per heavy atom. The van der Waals surface area contributed by atoms with Gasteiger partial charge in [0.15, 0.2) is 6.29 Å². The number of ether oxygens (including phenoxy) is 1. The van der Waals surface area contributed by atoms with Crippen LogP contribution in [0.2, 0.25) is 0 Å². The lowest BCUT2D eigenvalue weighted by molar-refractivity contribution is -0.137. The summed E-state index contributed by atoms with van der Waals surface area (Å²) in [5.41, 5.74) is 3.78. The average Bonchev–Trinajstić information content (AvgIpc) is 2.76. The lowest BCUT2D eigenvalue weighted by Gasteiger charge is -2.17. The molecule has 5 nitrogen and oxygen atoms in total. The Bertz CT molecular complexity index is 1050. The van der Waals surface area contributed by atoms with E-state index in [1.165, 1.54) is 24.5 Å². The van der Waals surface area contributed by atoms with Gasteiger partial charge in [0.05, 0.1) is 5.56 Å². The van der Waals surface area contributed by atoms with Crippen molar-refractivity contribution in [3.8, 4) is 5.75 Å². The fraction of sp³-hybridized carbons (Fsp3) is 0.136. The molecule has 1 N–H and O–H groups in total. The number of alkyl halides is 3. The predicted molar refractivity (Wildman–Crippen MR) is 107 cm³/mol. The summed E-state index contributed by atoms with van der Waals surface area (Å²) in [7, 11) is 1.55. The van der Waals surface area contributed by atoms with Gasteiger partial charge in [0, 0.05) is 36.1 Å². The summed E-state index contributed by atoms with van der Waals surface area (Å²) >= 11 is 0. The Balaban J connectivity index is 2.10. The van der Waals surface area contributed by atoms with Crippen LogP contribution in [0.15, 0.2) is 72.1 Å². The van der Waals surface area contributed by atoms with Gasteiger partial charge in [0.1, 0.15) is 18.1 Å². The van der Waals surface area contributed by atoms with Crippen molar-refractivity contribution in [2.24, 2.45) is 5.10 Å². The minimum Gasteiger partial charge on any atom is -0.488 e. The second-order valence-corrected chi connectivity index (χ2v) is 6.25. The Kier molecular flexibility index (Phi) is 6.46. The van der Waals surface area contributed by atoms with Gasteiger partial charge in [-0.05, 0) is 29.8 Å². The van der Waals surface area contributed by atoms with Crippen LogP contribution in [0.1, 0.15) is 32.6 Å². The Morgan fingerprint density at radius 3 is 2.57 bits per heavy atom. The first-order chi connectivity index (χ1) is 14.4. The molecule has 154 valence electrons. The Hall–Kier alpha value is -3.68. The molecule has 0 amide bonds. The third kappa shape index (κ3) is 4.83. The van der Waals surface area contributed by atoms with E-state index in [2.05, 4.69) is 15.5 Å². The molecule has 1 heterocycles. The number of aromatic nitrogens is 1. The molecule has 3 rings (SSSR count). The predicted octanol–water partition coefficient (Wildman–Crippen LogP) is 4.46. The van der Waals surface area contributed by atoms with Crippen LogP contribution in [0.5, 0.6) is 5.75 Å². The first-order valence-electron chi connectivity index (χ1n) is 8.96. The monoisotopic (exact) mass is 413 g/mol. The molecule has 0 spiro atoms. The van der Waals surface area contributed by atoms with E-state index in [0.717, 1.165) is 17.7 Å². The van der Waals surface area contributed by atoms with Crippen LogP contribution in [0.4, 0.5) is 13.2 Å². The van der Waals surface area contributed by atoms with Crippen molar-refractivity contribution in [2.45, 2.75) is 12.8 Å². The van der Waals surface area contributed by atoms with Crippen molar-refractivity contribution in [1.82, 2.24) is 10.4 Å². The van der Waals surface area contributed by atoms with E-state index >= 15 is 0 Å². The van der Waals surface area contributed by atoms with Gasteiger partial charge in [-0.15, -0.1) is 0 Å². The molecule has 0 fully saturated rings. The van der Waals surface area contributed by atoms with Crippen LogP contribution in [-0.4, -0.2) is 24.0 Å². The smallest absolute Gasteiger partial charge is 0.416 e. The third-order valence-electron chi connectivity index (χ3n) is 4.26. The highest BCUT2D eigenvalue weighted by Gasteiger charge is 2.32. The SMILES string of the molecule is CN/N=C(\c1cnccc1C=O)c1ccc(C(F)(F)F)cc1OCc1ccccc1. The number of nitrogens with zero attached hydrogens (tertiary/aromatic N) is 2. The Labute approximate surface area is 171 Å². The number of benzene rings is 2. The third-order valence-corrected chi connectivity index (χ3v) is 4.26. The molecular weight excluding hydrogens is 395 g/mol. The van der Waals surface area contributed by atoms with Gasteiger partial charge in [-0.1, -0.05) is 30.3 Å². The maximum Gasteiger partial charge on any atom is 0.416 e. The maximum atomic E-state index is 13.3. The van der Waals surface area contributed by atoms with Crippen LogP contribution in [-0.2, 0) is 12.8 Å². The van der Waals surface area contributed by atoms with Crippen molar-refractivity contribution >= 4 is 12.0 Å². The first-order valence-corrected chi connectivity index (χ1v) is 8.96. The molecule has 1 aromatic heterocycles. The largest absolute Gasteiger partial charge is 0.488 e. The average molecular weight is 413 g/mol.